The highest BCUT2D eigenvalue weighted by Crippen LogP contribution is 2.34. The number of hydrogen-bond donors (Lipinski definition) is 1. The SMILES string of the molecule is O=C1NCCN(Cc2cccc(OCc3ccccc3)c2OCc2ccccc2)C1=O. The van der Waals surface area contributed by atoms with Crippen molar-refractivity contribution in [2.75, 3.05) is 13.1 Å². The second-order valence-corrected chi connectivity index (χ2v) is 7.28. The van der Waals surface area contributed by atoms with Crippen molar-refractivity contribution in [2.24, 2.45) is 0 Å². The van der Waals surface area contributed by atoms with E-state index in [1.807, 2.05) is 78.9 Å². The lowest BCUT2D eigenvalue weighted by Crippen LogP contribution is -2.51. The van der Waals surface area contributed by atoms with Crippen LogP contribution in [0.4, 0.5) is 0 Å². The van der Waals surface area contributed by atoms with E-state index in [1.54, 1.807) is 0 Å². The number of carbonyl (C=O) groups excluding carboxylic acids is 2. The zero-order chi connectivity index (χ0) is 21.5. The minimum Gasteiger partial charge on any atom is -0.485 e. The number of benzene rings is 3. The number of nitrogens with one attached hydrogen (secondary N) is 1. The van der Waals surface area contributed by atoms with Crippen molar-refractivity contribution in [3.63, 3.8) is 0 Å². The monoisotopic (exact) mass is 416 g/mol. The van der Waals surface area contributed by atoms with E-state index in [0.29, 0.717) is 37.8 Å². The van der Waals surface area contributed by atoms with E-state index in [1.165, 1.54) is 4.90 Å². The second kappa shape index (κ2) is 9.80. The second-order valence-electron chi connectivity index (χ2n) is 7.28. The Kier molecular flexibility index (Phi) is 6.47. The number of para-hydroxylation sites is 1. The van der Waals surface area contributed by atoms with E-state index in [4.69, 9.17) is 9.47 Å². The van der Waals surface area contributed by atoms with Gasteiger partial charge in [-0.1, -0.05) is 72.8 Å². The maximum absolute atomic E-state index is 12.3. The highest BCUT2D eigenvalue weighted by molar-refractivity contribution is 6.35. The normalized spacial score (nSPS) is 13.6. The fraction of sp³-hybridized carbons (Fsp3) is 0.200. The largest absolute Gasteiger partial charge is 0.485 e. The van der Waals surface area contributed by atoms with Crippen LogP contribution in [0.3, 0.4) is 0 Å². The Hall–Kier alpha value is -3.80. The van der Waals surface area contributed by atoms with Crippen molar-refractivity contribution in [3.05, 3.63) is 95.6 Å². The van der Waals surface area contributed by atoms with Crippen LogP contribution >= 0.6 is 0 Å². The molecule has 1 fully saturated rings. The Balaban J connectivity index is 1.57. The van der Waals surface area contributed by atoms with Crippen molar-refractivity contribution < 1.29 is 19.1 Å². The summed E-state index contributed by atoms with van der Waals surface area (Å²) >= 11 is 0. The first-order valence-corrected chi connectivity index (χ1v) is 10.2. The lowest BCUT2D eigenvalue weighted by Gasteiger charge is -2.27. The number of rotatable bonds is 8. The van der Waals surface area contributed by atoms with E-state index in [0.717, 1.165) is 16.7 Å². The van der Waals surface area contributed by atoms with Crippen LogP contribution in [0.5, 0.6) is 11.5 Å². The quantitative estimate of drug-likeness (QED) is 0.572. The van der Waals surface area contributed by atoms with E-state index < -0.39 is 11.8 Å². The summed E-state index contributed by atoms with van der Waals surface area (Å²) < 4.78 is 12.3. The van der Waals surface area contributed by atoms with E-state index >= 15 is 0 Å². The molecule has 1 heterocycles. The van der Waals surface area contributed by atoms with Crippen LogP contribution in [0.15, 0.2) is 78.9 Å². The molecule has 4 rings (SSSR count). The van der Waals surface area contributed by atoms with Gasteiger partial charge in [-0.3, -0.25) is 9.59 Å². The van der Waals surface area contributed by atoms with Crippen LogP contribution in [0, 0.1) is 0 Å². The molecule has 31 heavy (non-hydrogen) atoms. The van der Waals surface area contributed by atoms with Gasteiger partial charge in [-0.25, -0.2) is 0 Å². The van der Waals surface area contributed by atoms with Crippen molar-refractivity contribution in [3.8, 4) is 11.5 Å². The van der Waals surface area contributed by atoms with Crippen LogP contribution in [-0.2, 0) is 29.3 Å². The molecule has 2 amide bonds. The van der Waals surface area contributed by atoms with Gasteiger partial charge < -0.3 is 19.7 Å². The van der Waals surface area contributed by atoms with Gasteiger partial charge in [-0.2, -0.15) is 0 Å². The molecule has 1 N–H and O–H groups in total. The lowest BCUT2D eigenvalue weighted by molar-refractivity contribution is -0.148. The molecule has 158 valence electrons. The minimum absolute atomic E-state index is 0.277. The third-order valence-corrected chi connectivity index (χ3v) is 5.03. The summed E-state index contributed by atoms with van der Waals surface area (Å²) in [5.74, 6) is 0.0811. The van der Waals surface area contributed by atoms with Crippen LogP contribution in [-0.4, -0.2) is 29.8 Å². The van der Waals surface area contributed by atoms with Gasteiger partial charge in [0.15, 0.2) is 11.5 Å². The van der Waals surface area contributed by atoms with Crippen molar-refractivity contribution >= 4 is 11.8 Å². The molecule has 0 spiro atoms. The summed E-state index contributed by atoms with van der Waals surface area (Å²) in [5.41, 5.74) is 2.87. The van der Waals surface area contributed by atoms with Gasteiger partial charge in [0.1, 0.15) is 13.2 Å². The van der Waals surface area contributed by atoms with Gasteiger partial charge in [-0.15, -0.1) is 0 Å². The smallest absolute Gasteiger partial charge is 0.312 e. The van der Waals surface area contributed by atoms with Crippen LogP contribution in [0.1, 0.15) is 16.7 Å². The molecule has 0 saturated carbocycles. The number of carbonyl (C=O) groups is 2. The molecule has 1 aliphatic rings. The molecule has 3 aromatic carbocycles. The fourth-order valence-corrected chi connectivity index (χ4v) is 3.41. The van der Waals surface area contributed by atoms with Crippen molar-refractivity contribution in [1.29, 1.82) is 0 Å². The molecule has 0 unspecified atom stereocenters. The first-order chi connectivity index (χ1) is 15.2. The number of nitrogens with zero attached hydrogens (tertiary/aromatic N) is 1. The lowest BCUT2D eigenvalue weighted by atomic mass is 10.1. The molecule has 0 aromatic heterocycles. The maximum Gasteiger partial charge on any atom is 0.312 e. The molecule has 1 aliphatic heterocycles. The van der Waals surface area contributed by atoms with Crippen molar-refractivity contribution in [1.82, 2.24) is 10.2 Å². The molecule has 1 saturated heterocycles. The summed E-state index contributed by atoms with van der Waals surface area (Å²) in [4.78, 5) is 25.5. The Labute approximate surface area is 181 Å². The van der Waals surface area contributed by atoms with E-state index in [2.05, 4.69) is 5.32 Å². The Bertz CT molecular complexity index is 1040. The zero-order valence-corrected chi connectivity index (χ0v) is 17.1. The van der Waals surface area contributed by atoms with Gasteiger partial charge in [0, 0.05) is 18.7 Å². The highest BCUT2D eigenvalue weighted by Gasteiger charge is 2.27. The number of amides is 2. The van der Waals surface area contributed by atoms with Crippen LogP contribution in [0.25, 0.3) is 0 Å². The summed E-state index contributed by atoms with van der Waals surface area (Å²) in [6, 6.07) is 25.4. The fourth-order valence-electron chi connectivity index (χ4n) is 3.41. The average molecular weight is 416 g/mol. The van der Waals surface area contributed by atoms with Crippen LogP contribution < -0.4 is 14.8 Å². The van der Waals surface area contributed by atoms with Gasteiger partial charge in [0.05, 0.1) is 6.54 Å². The number of ether oxygens (including phenoxy) is 2. The molecular formula is C25H24N2O4. The minimum atomic E-state index is -0.575. The summed E-state index contributed by atoms with van der Waals surface area (Å²) in [6.45, 7) is 1.94. The predicted octanol–water partition coefficient (Wildman–Crippen LogP) is 3.30. The van der Waals surface area contributed by atoms with Gasteiger partial charge in [-0.05, 0) is 17.2 Å². The molecule has 0 aliphatic carbocycles. The molecule has 0 bridgehead atoms. The first kappa shape index (κ1) is 20.5. The average Bonchev–Trinajstić information content (AvgIpc) is 2.81. The summed E-state index contributed by atoms with van der Waals surface area (Å²) in [7, 11) is 0. The Morgan fingerprint density at radius 1 is 0.774 bits per heavy atom. The molecule has 6 nitrogen and oxygen atoms in total. The Morgan fingerprint density at radius 3 is 2.10 bits per heavy atom. The third kappa shape index (κ3) is 5.22. The van der Waals surface area contributed by atoms with Gasteiger partial charge in [0.25, 0.3) is 0 Å². The number of piperazine rings is 1. The molecular weight excluding hydrogens is 392 g/mol. The van der Waals surface area contributed by atoms with E-state index in [-0.39, 0.29) is 6.54 Å². The predicted molar refractivity (Wildman–Crippen MR) is 116 cm³/mol. The van der Waals surface area contributed by atoms with Gasteiger partial charge in [0.2, 0.25) is 0 Å². The summed E-state index contributed by atoms with van der Waals surface area (Å²) in [5, 5.41) is 2.57. The van der Waals surface area contributed by atoms with Crippen molar-refractivity contribution in [2.45, 2.75) is 19.8 Å². The topological polar surface area (TPSA) is 67.9 Å². The molecule has 0 atom stereocenters. The van der Waals surface area contributed by atoms with Gasteiger partial charge >= 0.3 is 11.8 Å². The Morgan fingerprint density at radius 2 is 1.42 bits per heavy atom. The molecule has 6 heteroatoms. The zero-order valence-electron chi connectivity index (χ0n) is 17.1. The first-order valence-electron chi connectivity index (χ1n) is 10.2. The molecule has 3 aromatic rings. The summed E-state index contributed by atoms with van der Waals surface area (Å²) in [6.07, 6.45) is 0. The number of hydrogen-bond acceptors (Lipinski definition) is 4. The maximum atomic E-state index is 12.3. The highest BCUT2D eigenvalue weighted by atomic mass is 16.5. The van der Waals surface area contributed by atoms with Crippen LogP contribution in [0.2, 0.25) is 0 Å². The van der Waals surface area contributed by atoms with E-state index in [9.17, 15) is 9.59 Å². The standard InChI is InChI=1S/C25H24N2O4/c28-24-25(29)27(15-14-26-24)16-21-12-7-13-22(30-17-19-8-3-1-4-9-19)23(21)31-18-20-10-5-2-6-11-20/h1-13H,14-18H2,(H,26,28). The molecule has 0 radical (unpaired) electrons. The third-order valence-electron chi connectivity index (χ3n) is 5.03.